The van der Waals surface area contributed by atoms with Gasteiger partial charge in [-0.3, -0.25) is 14.6 Å². The molecule has 180 valence electrons. The summed E-state index contributed by atoms with van der Waals surface area (Å²) in [6, 6.07) is 8.05. The number of carbonyl (C=O) groups is 2. The van der Waals surface area contributed by atoms with Crippen molar-refractivity contribution in [3.63, 3.8) is 0 Å². The largest absolute Gasteiger partial charge is 0.481 e. The van der Waals surface area contributed by atoms with Crippen molar-refractivity contribution >= 4 is 58.9 Å². The van der Waals surface area contributed by atoms with E-state index in [1.54, 1.807) is 18.7 Å². The van der Waals surface area contributed by atoms with Gasteiger partial charge >= 0.3 is 11.9 Å². The molecule has 1 heterocycles. The minimum Gasteiger partial charge on any atom is -0.481 e. The smallest absolute Gasteiger partial charge is 0.307 e. The molecule has 3 unspecified atom stereocenters. The molecule has 1 aliphatic heterocycles. The molecule has 3 rings (SSSR count). The van der Waals surface area contributed by atoms with Crippen LogP contribution in [0.4, 0.5) is 0 Å². The number of hydrogen-bond acceptors (Lipinski definition) is 5. The first-order valence-corrected chi connectivity index (χ1v) is 13.4. The number of aliphatic carboxylic acids is 2. The van der Waals surface area contributed by atoms with E-state index in [0.29, 0.717) is 10.8 Å². The Kier molecular flexibility index (Phi) is 9.68. The molecule has 0 saturated heterocycles. The van der Waals surface area contributed by atoms with Crippen molar-refractivity contribution in [3.05, 3.63) is 76.9 Å². The van der Waals surface area contributed by atoms with Crippen LogP contribution in [0.25, 0.3) is 6.08 Å². The second-order valence-electron chi connectivity index (χ2n) is 8.34. The number of thioether (sulfide) groups is 2. The lowest BCUT2D eigenvalue weighted by atomic mass is 9.92. The van der Waals surface area contributed by atoms with E-state index in [4.69, 9.17) is 21.7 Å². The average Bonchev–Trinajstić information content (AvgIpc) is 2.79. The van der Waals surface area contributed by atoms with Crippen molar-refractivity contribution < 1.29 is 19.8 Å². The summed E-state index contributed by atoms with van der Waals surface area (Å²) in [7, 11) is 0. The van der Waals surface area contributed by atoms with E-state index in [-0.39, 0.29) is 28.2 Å². The summed E-state index contributed by atoms with van der Waals surface area (Å²) in [4.78, 5) is 27.2. The molecule has 1 aliphatic carbocycles. The van der Waals surface area contributed by atoms with Gasteiger partial charge in [-0.25, -0.2) is 0 Å². The van der Waals surface area contributed by atoms with Crippen LogP contribution in [0, 0.1) is 11.8 Å². The lowest BCUT2D eigenvalue weighted by molar-refractivity contribution is -0.140. The van der Waals surface area contributed by atoms with E-state index in [9.17, 15) is 14.7 Å². The summed E-state index contributed by atoms with van der Waals surface area (Å²) in [5, 5.41) is 19.0. The van der Waals surface area contributed by atoms with Gasteiger partial charge < -0.3 is 10.2 Å². The first-order valence-electron chi connectivity index (χ1n) is 11.0. The molecule has 0 aromatic heterocycles. The highest BCUT2D eigenvalue weighted by Crippen LogP contribution is 2.43. The topological polar surface area (TPSA) is 87.0 Å². The Hall–Kier alpha value is -2.22. The third-order valence-electron chi connectivity index (χ3n) is 5.36. The van der Waals surface area contributed by atoms with E-state index in [2.05, 4.69) is 18.2 Å². The number of nitrogens with zero attached hydrogens (tertiary/aromatic N) is 1. The SMILES string of the molecule is C[C@H](CSC(S[C@@H](C)CC(=O)O)c1cccc(/C=C/C2=NC3C=C(Cl)C=CC3C=C2)c1)C(=O)O. The number of benzene rings is 1. The highest BCUT2D eigenvalue weighted by Gasteiger charge is 2.22. The van der Waals surface area contributed by atoms with Crippen LogP contribution in [-0.2, 0) is 9.59 Å². The number of halogens is 1. The molecule has 2 N–H and O–H groups in total. The zero-order valence-electron chi connectivity index (χ0n) is 19.0. The number of rotatable bonds is 11. The van der Waals surface area contributed by atoms with Gasteiger partial charge in [-0.2, -0.15) is 0 Å². The number of fused-ring (bicyclic) bond motifs is 1. The summed E-state index contributed by atoms with van der Waals surface area (Å²) in [6.07, 6.45) is 14.1. The maximum atomic E-state index is 11.3. The zero-order chi connectivity index (χ0) is 24.7. The summed E-state index contributed by atoms with van der Waals surface area (Å²) in [5.74, 6) is -1.48. The Balaban J connectivity index is 1.75. The zero-order valence-corrected chi connectivity index (χ0v) is 21.4. The van der Waals surface area contributed by atoms with Crippen molar-refractivity contribution in [2.45, 2.75) is 36.1 Å². The highest BCUT2D eigenvalue weighted by atomic mass is 35.5. The van der Waals surface area contributed by atoms with Gasteiger partial charge in [0.25, 0.3) is 0 Å². The standard InChI is InChI=1S/C26H28ClNO4S2/c1-16(25(31)32)15-33-26(34-17(2)12-24(29)30)20-5-3-4-18(13-20)6-10-22-11-8-19-7-9-21(27)14-23(19)28-22/h3-11,13-14,16-17,19,23,26H,12,15H2,1-2H3,(H,29,30)(H,31,32)/b10-6+/t16-,17+,19?,23?,26?/m1/s1. The van der Waals surface area contributed by atoms with Crippen LogP contribution in [0.15, 0.2) is 70.7 Å². The van der Waals surface area contributed by atoms with Gasteiger partial charge in [-0.05, 0) is 41.5 Å². The number of carboxylic acids is 2. The third-order valence-corrected chi connectivity index (χ3v) is 8.77. The molecule has 34 heavy (non-hydrogen) atoms. The maximum Gasteiger partial charge on any atom is 0.307 e. The molecule has 0 spiro atoms. The summed E-state index contributed by atoms with van der Waals surface area (Å²) in [5.41, 5.74) is 2.89. The van der Waals surface area contributed by atoms with Crippen LogP contribution >= 0.6 is 35.1 Å². The number of hydrogen-bond donors (Lipinski definition) is 2. The van der Waals surface area contributed by atoms with E-state index in [1.807, 2.05) is 55.5 Å². The van der Waals surface area contributed by atoms with Crippen molar-refractivity contribution in [1.29, 1.82) is 0 Å². The van der Waals surface area contributed by atoms with Gasteiger partial charge in [-0.15, -0.1) is 23.5 Å². The van der Waals surface area contributed by atoms with Gasteiger partial charge in [-0.1, -0.05) is 61.9 Å². The van der Waals surface area contributed by atoms with Crippen LogP contribution in [0.2, 0.25) is 0 Å². The quantitative estimate of drug-likeness (QED) is 0.328. The van der Waals surface area contributed by atoms with E-state index in [0.717, 1.165) is 16.8 Å². The molecule has 5 nitrogen and oxygen atoms in total. The predicted octanol–water partition coefficient (Wildman–Crippen LogP) is 6.44. The molecule has 8 heteroatoms. The fourth-order valence-electron chi connectivity index (χ4n) is 3.48. The fraction of sp³-hybridized carbons (Fsp3) is 0.346. The Labute approximate surface area is 213 Å². The van der Waals surface area contributed by atoms with Crippen LogP contribution in [0.5, 0.6) is 0 Å². The van der Waals surface area contributed by atoms with E-state index < -0.39 is 17.9 Å². The molecule has 5 atom stereocenters. The fourth-order valence-corrected chi connectivity index (χ4v) is 6.71. The van der Waals surface area contributed by atoms with Crippen LogP contribution in [0.3, 0.4) is 0 Å². The monoisotopic (exact) mass is 517 g/mol. The minimum atomic E-state index is -0.840. The Morgan fingerprint density at radius 1 is 1.18 bits per heavy atom. The van der Waals surface area contributed by atoms with Crippen molar-refractivity contribution in [2.24, 2.45) is 16.8 Å². The first-order chi connectivity index (χ1) is 16.2. The predicted molar refractivity (Wildman–Crippen MR) is 144 cm³/mol. The molecule has 0 radical (unpaired) electrons. The third kappa shape index (κ3) is 7.93. The van der Waals surface area contributed by atoms with Crippen LogP contribution < -0.4 is 0 Å². The molecule has 1 aromatic rings. The summed E-state index contributed by atoms with van der Waals surface area (Å²) >= 11 is 9.22. The second kappa shape index (κ2) is 12.5. The molecule has 0 bridgehead atoms. The summed E-state index contributed by atoms with van der Waals surface area (Å²) in [6.45, 7) is 3.57. The average molecular weight is 518 g/mol. The van der Waals surface area contributed by atoms with Crippen LogP contribution in [-0.4, -0.2) is 44.9 Å². The first kappa shape index (κ1) is 26.4. The summed E-state index contributed by atoms with van der Waals surface area (Å²) < 4.78 is -0.0709. The van der Waals surface area contributed by atoms with Gasteiger partial charge in [0, 0.05) is 22.0 Å². The van der Waals surface area contributed by atoms with Gasteiger partial charge in [0.1, 0.15) is 0 Å². The maximum absolute atomic E-state index is 11.3. The van der Waals surface area contributed by atoms with Gasteiger partial charge in [0.05, 0.1) is 28.7 Å². The molecular weight excluding hydrogens is 490 g/mol. The Morgan fingerprint density at radius 3 is 2.68 bits per heavy atom. The lowest BCUT2D eigenvalue weighted by Gasteiger charge is -2.22. The van der Waals surface area contributed by atoms with E-state index in [1.165, 1.54) is 11.8 Å². The van der Waals surface area contributed by atoms with Crippen LogP contribution in [0.1, 0.15) is 36.0 Å². The number of allylic oxidation sites excluding steroid dienone is 4. The number of aliphatic imine (C=N–C) groups is 1. The molecule has 1 aromatic carbocycles. The molecule has 2 aliphatic rings. The Bertz CT molecular complexity index is 1060. The number of carboxylic acid groups (broad SMARTS) is 2. The van der Waals surface area contributed by atoms with E-state index >= 15 is 0 Å². The Morgan fingerprint density at radius 2 is 1.94 bits per heavy atom. The van der Waals surface area contributed by atoms with Crippen molar-refractivity contribution in [3.8, 4) is 0 Å². The minimum absolute atomic E-state index is 0.0117. The molecular formula is C26H28ClNO4S2. The normalized spacial score (nSPS) is 22.0. The molecule has 0 saturated carbocycles. The van der Waals surface area contributed by atoms with Crippen molar-refractivity contribution in [2.75, 3.05) is 5.75 Å². The lowest BCUT2D eigenvalue weighted by Crippen LogP contribution is -2.20. The second-order valence-corrected chi connectivity index (χ2v) is 11.8. The number of dihydropyridines is 1. The molecule has 0 amide bonds. The van der Waals surface area contributed by atoms with Gasteiger partial charge in [0.2, 0.25) is 0 Å². The van der Waals surface area contributed by atoms with Crippen molar-refractivity contribution in [1.82, 2.24) is 0 Å². The molecule has 0 fully saturated rings. The van der Waals surface area contributed by atoms with Gasteiger partial charge in [0.15, 0.2) is 0 Å². The highest BCUT2D eigenvalue weighted by molar-refractivity contribution is 8.16.